The fourth-order valence-electron chi connectivity index (χ4n) is 2.60. The van der Waals surface area contributed by atoms with Crippen LogP contribution in [-0.4, -0.2) is 12.3 Å². The van der Waals surface area contributed by atoms with Crippen molar-refractivity contribution in [3.63, 3.8) is 0 Å². The molecule has 20 heavy (non-hydrogen) atoms. The Morgan fingerprint density at radius 3 is 2.75 bits per heavy atom. The Bertz CT molecular complexity index is 567. The summed E-state index contributed by atoms with van der Waals surface area (Å²) in [5, 5.41) is 3.63. The molecule has 1 heterocycles. The van der Waals surface area contributed by atoms with Gasteiger partial charge >= 0.3 is 0 Å². The molecule has 0 aliphatic carbocycles. The van der Waals surface area contributed by atoms with Crippen molar-refractivity contribution in [1.29, 1.82) is 0 Å². The van der Waals surface area contributed by atoms with Crippen LogP contribution >= 0.6 is 11.8 Å². The van der Waals surface area contributed by atoms with Gasteiger partial charge in [-0.15, -0.1) is 11.8 Å². The van der Waals surface area contributed by atoms with Gasteiger partial charge in [0.05, 0.1) is 0 Å². The van der Waals surface area contributed by atoms with Crippen LogP contribution in [0.1, 0.15) is 23.6 Å². The Hall–Kier alpha value is -1.32. The van der Waals surface area contributed by atoms with Gasteiger partial charge in [-0.05, 0) is 54.5 Å². The number of fused-ring (bicyclic) bond motifs is 1. The highest BCUT2D eigenvalue weighted by molar-refractivity contribution is 7.99. The number of hydrogen-bond acceptors (Lipinski definition) is 2. The smallest absolute Gasteiger partial charge is 0.123 e. The normalized spacial score (nSPS) is 17.8. The number of hydrogen-bond donors (Lipinski definition) is 1. The highest BCUT2D eigenvalue weighted by atomic mass is 32.2. The largest absolute Gasteiger partial charge is 0.310 e. The van der Waals surface area contributed by atoms with Crippen molar-refractivity contribution in [1.82, 2.24) is 5.32 Å². The van der Waals surface area contributed by atoms with Crippen molar-refractivity contribution < 1.29 is 4.39 Å². The zero-order valence-electron chi connectivity index (χ0n) is 11.3. The number of halogens is 1. The van der Waals surface area contributed by atoms with Crippen molar-refractivity contribution in [2.24, 2.45) is 0 Å². The van der Waals surface area contributed by atoms with Crippen LogP contribution in [0.15, 0.2) is 53.4 Å². The maximum absolute atomic E-state index is 12.8. The van der Waals surface area contributed by atoms with Crippen LogP contribution in [0.2, 0.25) is 0 Å². The van der Waals surface area contributed by atoms with Crippen LogP contribution in [0.5, 0.6) is 0 Å². The van der Waals surface area contributed by atoms with E-state index >= 15 is 0 Å². The van der Waals surface area contributed by atoms with Crippen molar-refractivity contribution in [3.05, 3.63) is 65.5 Å². The van der Waals surface area contributed by atoms with E-state index in [1.807, 2.05) is 23.9 Å². The Labute approximate surface area is 123 Å². The van der Waals surface area contributed by atoms with E-state index in [0.717, 1.165) is 13.0 Å². The molecule has 1 N–H and O–H groups in total. The summed E-state index contributed by atoms with van der Waals surface area (Å²) in [5.41, 5.74) is 2.60. The molecular formula is C17H18FNS. The van der Waals surface area contributed by atoms with Crippen LogP contribution in [0.3, 0.4) is 0 Å². The molecule has 0 saturated heterocycles. The Balaban J connectivity index is 1.58. The van der Waals surface area contributed by atoms with Gasteiger partial charge in [-0.2, -0.15) is 0 Å². The molecule has 3 rings (SSSR count). The number of benzene rings is 2. The first-order valence-corrected chi connectivity index (χ1v) is 8.01. The zero-order valence-corrected chi connectivity index (χ0v) is 12.1. The van der Waals surface area contributed by atoms with Crippen LogP contribution in [0.25, 0.3) is 0 Å². The second-order valence-electron chi connectivity index (χ2n) is 5.06. The second kappa shape index (κ2) is 6.42. The third-order valence-electron chi connectivity index (χ3n) is 3.68. The maximum Gasteiger partial charge on any atom is 0.123 e. The molecule has 1 atom stereocenters. The average Bonchev–Trinajstić information content (AvgIpc) is 2.49. The summed E-state index contributed by atoms with van der Waals surface area (Å²) in [5.74, 6) is 1.01. The van der Waals surface area contributed by atoms with Gasteiger partial charge in [-0.25, -0.2) is 4.39 Å². The Morgan fingerprint density at radius 2 is 1.90 bits per heavy atom. The molecule has 0 aromatic heterocycles. The van der Waals surface area contributed by atoms with E-state index < -0.39 is 0 Å². The molecule has 2 aromatic carbocycles. The SMILES string of the molecule is Fc1ccc(CCNC2CCSc3ccccc32)cc1. The summed E-state index contributed by atoms with van der Waals surface area (Å²) < 4.78 is 12.8. The molecule has 1 aliphatic rings. The Morgan fingerprint density at radius 1 is 1.10 bits per heavy atom. The summed E-state index contributed by atoms with van der Waals surface area (Å²) in [4.78, 5) is 1.40. The van der Waals surface area contributed by atoms with Gasteiger partial charge in [-0.3, -0.25) is 0 Å². The standard InChI is InChI=1S/C17H18FNS/c18-14-7-5-13(6-8-14)9-11-19-16-10-12-20-17-4-2-1-3-15(16)17/h1-8,16,19H,9-12H2. The third kappa shape index (κ3) is 3.22. The van der Waals surface area contributed by atoms with Crippen LogP contribution < -0.4 is 5.32 Å². The fourth-order valence-corrected chi connectivity index (χ4v) is 3.72. The predicted octanol–water partition coefficient (Wildman–Crippen LogP) is 4.19. The summed E-state index contributed by atoms with van der Waals surface area (Å²) in [6.45, 7) is 0.926. The molecule has 1 aliphatic heterocycles. The van der Waals surface area contributed by atoms with Crippen molar-refractivity contribution in [2.45, 2.75) is 23.8 Å². The van der Waals surface area contributed by atoms with Crippen molar-refractivity contribution >= 4 is 11.8 Å². The molecule has 0 amide bonds. The lowest BCUT2D eigenvalue weighted by atomic mass is 10.0. The van der Waals surface area contributed by atoms with E-state index in [-0.39, 0.29) is 5.82 Å². The summed E-state index contributed by atoms with van der Waals surface area (Å²) in [7, 11) is 0. The van der Waals surface area contributed by atoms with E-state index in [9.17, 15) is 4.39 Å². The van der Waals surface area contributed by atoms with Crippen LogP contribution in [-0.2, 0) is 6.42 Å². The van der Waals surface area contributed by atoms with E-state index in [1.165, 1.54) is 40.3 Å². The molecular weight excluding hydrogens is 269 g/mol. The van der Waals surface area contributed by atoms with Gasteiger partial charge < -0.3 is 5.32 Å². The minimum atomic E-state index is -0.167. The summed E-state index contributed by atoms with van der Waals surface area (Å²) >= 11 is 1.94. The lowest BCUT2D eigenvalue weighted by Gasteiger charge is -2.26. The van der Waals surface area contributed by atoms with Gasteiger partial charge in [0.15, 0.2) is 0 Å². The quantitative estimate of drug-likeness (QED) is 0.904. The minimum Gasteiger partial charge on any atom is -0.310 e. The molecule has 3 heteroatoms. The number of thioether (sulfide) groups is 1. The molecule has 0 bridgehead atoms. The molecule has 0 spiro atoms. The van der Waals surface area contributed by atoms with E-state index in [1.54, 1.807) is 0 Å². The highest BCUT2D eigenvalue weighted by Gasteiger charge is 2.19. The molecule has 104 valence electrons. The zero-order chi connectivity index (χ0) is 13.8. The number of rotatable bonds is 4. The molecule has 0 saturated carbocycles. The van der Waals surface area contributed by atoms with Crippen molar-refractivity contribution in [2.75, 3.05) is 12.3 Å². The fraction of sp³-hybridized carbons (Fsp3) is 0.294. The van der Waals surface area contributed by atoms with Crippen molar-refractivity contribution in [3.8, 4) is 0 Å². The predicted molar refractivity (Wildman–Crippen MR) is 82.6 cm³/mol. The van der Waals surface area contributed by atoms with Crippen LogP contribution in [0, 0.1) is 5.82 Å². The van der Waals surface area contributed by atoms with Gasteiger partial charge in [0.25, 0.3) is 0 Å². The first kappa shape index (κ1) is 13.7. The molecule has 0 fully saturated rings. The first-order chi connectivity index (χ1) is 9.83. The monoisotopic (exact) mass is 287 g/mol. The lowest BCUT2D eigenvalue weighted by Crippen LogP contribution is -2.26. The van der Waals surface area contributed by atoms with E-state index in [4.69, 9.17) is 0 Å². The van der Waals surface area contributed by atoms with Gasteiger partial charge in [0.2, 0.25) is 0 Å². The highest BCUT2D eigenvalue weighted by Crippen LogP contribution is 2.35. The Kier molecular flexibility index (Phi) is 4.38. The lowest BCUT2D eigenvalue weighted by molar-refractivity contribution is 0.513. The summed E-state index contributed by atoms with van der Waals surface area (Å²) in [6.07, 6.45) is 2.11. The second-order valence-corrected chi connectivity index (χ2v) is 6.19. The molecule has 1 nitrogen and oxygen atoms in total. The van der Waals surface area contributed by atoms with Crippen LogP contribution in [0.4, 0.5) is 4.39 Å². The molecule has 1 unspecified atom stereocenters. The van der Waals surface area contributed by atoms with Gasteiger partial charge in [-0.1, -0.05) is 30.3 Å². The average molecular weight is 287 g/mol. The van der Waals surface area contributed by atoms with E-state index in [2.05, 4.69) is 29.6 Å². The first-order valence-electron chi connectivity index (χ1n) is 7.02. The molecule has 2 aromatic rings. The number of nitrogens with one attached hydrogen (secondary N) is 1. The minimum absolute atomic E-state index is 0.167. The van der Waals surface area contributed by atoms with Gasteiger partial charge in [0, 0.05) is 10.9 Å². The van der Waals surface area contributed by atoms with E-state index in [0.29, 0.717) is 6.04 Å². The van der Waals surface area contributed by atoms with Gasteiger partial charge in [0.1, 0.15) is 5.82 Å². The maximum atomic E-state index is 12.8. The molecule has 0 radical (unpaired) electrons. The third-order valence-corrected chi connectivity index (χ3v) is 4.80. The topological polar surface area (TPSA) is 12.0 Å². The summed E-state index contributed by atoms with van der Waals surface area (Å²) in [6, 6.07) is 15.9.